The second-order valence-electron chi connectivity index (χ2n) is 5.04. The molecular formula is C15H21N5O2. The van der Waals surface area contributed by atoms with Crippen molar-refractivity contribution in [1.82, 2.24) is 25.3 Å². The van der Waals surface area contributed by atoms with Crippen LogP contribution in [-0.4, -0.2) is 39.6 Å². The van der Waals surface area contributed by atoms with Crippen molar-refractivity contribution in [3.63, 3.8) is 0 Å². The topological polar surface area (TPSA) is 84.2 Å². The lowest BCUT2D eigenvalue weighted by molar-refractivity contribution is 0.199. The second-order valence-corrected chi connectivity index (χ2v) is 5.04. The van der Waals surface area contributed by atoms with Crippen molar-refractivity contribution in [2.75, 3.05) is 13.6 Å². The number of nitrogens with one attached hydrogen (secondary N) is 1. The molecule has 7 nitrogen and oxygen atoms in total. The smallest absolute Gasteiger partial charge is 0.317 e. The first-order valence-electron chi connectivity index (χ1n) is 7.42. The normalized spacial score (nSPS) is 10.5. The van der Waals surface area contributed by atoms with E-state index >= 15 is 0 Å². The molecule has 0 aliphatic heterocycles. The van der Waals surface area contributed by atoms with Gasteiger partial charge in [-0.2, -0.15) is 4.98 Å². The van der Waals surface area contributed by atoms with Crippen molar-refractivity contribution in [2.45, 2.75) is 32.7 Å². The molecule has 0 aliphatic carbocycles. The van der Waals surface area contributed by atoms with E-state index in [0.717, 1.165) is 24.8 Å². The summed E-state index contributed by atoms with van der Waals surface area (Å²) >= 11 is 0. The number of nitrogens with zero attached hydrogens (tertiary/aromatic N) is 4. The van der Waals surface area contributed by atoms with E-state index in [0.29, 0.717) is 18.3 Å². The van der Waals surface area contributed by atoms with Crippen LogP contribution < -0.4 is 5.32 Å². The van der Waals surface area contributed by atoms with Gasteiger partial charge in [-0.3, -0.25) is 4.98 Å². The zero-order valence-corrected chi connectivity index (χ0v) is 13.0. The highest BCUT2D eigenvalue weighted by Crippen LogP contribution is 2.14. The summed E-state index contributed by atoms with van der Waals surface area (Å²) in [4.78, 5) is 21.7. The number of urea groups is 1. The Morgan fingerprint density at radius 1 is 1.32 bits per heavy atom. The van der Waals surface area contributed by atoms with Crippen LogP contribution >= 0.6 is 0 Å². The summed E-state index contributed by atoms with van der Waals surface area (Å²) in [5, 5.41) is 6.78. The monoisotopic (exact) mass is 303 g/mol. The first kappa shape index (κ1) is 15.9. The van der Waals surface area contributed by atoms with Crippen molar-refractivity contribution in [2.24, 2.45) is 0 Å². The van der Waals surface area contributed by atoms with Crippen LogP contribution in [0.5, 0.6) is 0 Å². The first-order valence-corrected chi connectivity index (χ1v) is 7.42. The lowest BCUT2D eigenvalue weighted by Gasteiger charge is -2.15. The third-order valence-electron chi connectivity index (χ3n) is 3.18. The van der Waals surface area contributed by atoms with E-state index < -0.39 is 0 Å². The van der Waals surface area contributed by atoms with Gasteiger partial charge in [-0.05, 0) is 18.6 Å². The van der Waals surface area contributed by atoms with Crippen LogP contribution in [0.1, 0.15) is 32.1 Å². The Hall–Kier alpha value is -2.44. The molecule has 0 aromatic carbocycles. The second kappa shape index (κ2) is 8.11. The fraction of sp³-hybridized carbons (Fsp3) is 0.467. The van der Waals surface area contributed by atoms with Crippen LogP contribution in [0.25, 0.3) is 11.4 Å². The van der Waals surface area contributed by atoms with Gasteiger partial charge >= 0.3 is 6.03 Å². The van der Waals surface area contributed by atoms with E-state index in [4.69, 9.17) is 4.52 Å². The molecule has 2 aromatic heterocycles. The maximum absolute atomic E-state index is 11.9. The minimum Gasteiger partial charge on any atom is -0.338 e. The molecule has 0 unspecified atom stereocenters. The van der Waals surface area contributed by atoms with Crippen LogP contribution in [0.3, 0.4) is 0 Å². The Morgan fingerprint density at radius 2 is 2.09 bits per heavy atom. The van der Waals surface area contributed by atoms with E-state index in [1.807, 2.05) is 0 Å². The first-order chi connectivity index (χ1) is 10.7. The fourth-order valence-corrected chi connectivity index (χ4v) is 1.92. The largest absolute Gasteiger partial charge is 0.338 e. The number of aromatic nitrogens is 3. The molecule has 0 saturated carbocycles. The molecule has 2 heterocycles. The van der Waals surface area contributed by atoms with Crippen LogP contribution in [-0.2, 0) is 6.54 Å². The fourth-order valence-electron chi connectivity index (χ4n) is 1.92. The van der Waals surface area contributed by atoms with E-state index in [-0.39, 0.29) is 12.6 Å². The zero-order chi connectivity index (χ0) is 15.8. The molecule has 22 heavy (non-hydrogen) atoms. The average molecular weight is 303 g/mol. The summed E-state index contributed by atoms with van der Waals surface area (Å²) in [5.74, 6) is 0.896. The molecule has 2 rings (SSSR count). The van der Waals surface area contributed by atoms with Gasteiger partial charge < -0.3 is 14.7 Å². The lowest BCUT2D eigenvalue weighted by atomic mass is 10.2. The Morgan fingerprint density at radius 3 is 2.82 bits per heavy atom. The molecule has 1 N–H and O–H groups in total. The van der Waals surface area contributed by atoms with Crippen LogP contribution in [0.4, 0.5) is 4.79 Å². The Bertz CT molecular complexity index is 585. The zero-order valence-electron chi connectivity index (χ0n) is 13.0. The van der Waals surface area contributed by atoms with Gasteiger partial charge in [-0.1, -0.05) is 24.9 Å². The van der Waals surface area contributed by atoms with E-state index in [2.05, 4.69) is 27.4 Å². The molecule has 0 fully saturated rings. The summed E-state index contributed by atoms with van der Waals surface area (Å²) in [7, 11) is 1.70. The summed E-state index contributed by atoms with van der Waals surface area (Å²) in [6, 6.07) is 3.47. The van der Waals surface area contributed by atoms with E-state index in [1.165, 1.54) is 4.90 Å². The molecule has 7 heteroatoms. The molecule has 2 aromatic rings. The molecule has 0 spiro atoms. The van der Waals surface area contributed by atoms with Gasteiger partial charge in [0.25, 0.3) is 0 Å². The van der Waals surface area contributed by atoms with Crippen molar-refractivity contribution in [3.05, 3.63) is 30.4 Å². The summed E-state index contributed by atoms with van der Waals surface area (Å²) < 4.78 is 5.18. The number of amides is 2. The Labute approximate surface area is 129 Å². The van der Waals surface area contributed by atoms with E-state index in [1.54, 1.807) is 31.6 Å². The third kappa shape index (κ3) is 4.54. The van der Waals surface area contributed by atoms with Crippen molar-refractivity contribution in [1.29, 1.82) is 0 Å². The minimum atomic E-state index is -0.139. The molecule has 0 saturated heterocycles. The predicted octanol–water partition coefficient (Wildman–Crippen LogP) is 2.46. The summed E-state index contributed by atoms with van der Waals surface area (Å²) in [6.45, 7) is 3.09. The summed E-state index contributed by atoms with van der Waals surface area (Å²) in [5.41, 5.74) is 0.830. The maximum atomic E-state index is 11.9. The summed E-state index contributed by atoms with van der Waals surface area (Å²) in [6.07, 6.45) is 6.57. The maximum Gasteiger partial charge on any atom is 0.317 e. The van der Waals surface area contributed by atoms with Gasteiger partial charge in [0.15, 0.2) is 0 Å². The minimum absolute atomic E-state index is 0.139. The Balaban J connectivity index is 1.85. The number of rotatable bonds is 7. The molecule has 0 atom stereocenters. The molecule has 2 amide bonds. The van der Waals surface area contributed by atoms with Gasteiger partial charge in [0.05, 0.1) is 0 Å². The van der Waals surface area contributed by atoms with E-state index in [9.17, 15) is 4.79 Å². The highest BCUT2D eigenvalue weighted by molar-refractivity contribution is 5.73. The van der Waals surface area contributed by atoms with Crippen LogP contribution in [0.2, 0.25) is 0 Å². The highest BCUT2D eigenvalue weighted by Gasteiger charge is 2.14. The molecular weight excluding hydrogens is 282 g/mol. The van der Waals surface area contributed by atoms with Crippen molar-refractivity contribution in [3.8, 4) is 11.4 Å². The van der Waals surface area contributed by atoms with Gasteiger partial charge in [0, 0.05) is 31.5 Å². The van der Waals surface area contributed by atoms with Gasteiger partial charge in [-0.25, -0.2) is 4.79 Å². The van der Waals surface area contributed by atoms with Crippen LogP contribution in [0.15, 0.2) is 29.0 Å². The predicted molar refractivity (Wildman–Crippen MR) is 81.9 cm³/mol. The highest BCUT2D eigenvalue weighted by atomic mass is 16.5. The number of carbonyl (C=O) groups excluding carboxylic acids is 1. The standard InChI is InChI=1S/C15H21N5O2/c1-3-4-5-8-17-15(21)20(2)11-13-18-14(19-22-13)12-6-9-16-10-7-12/h6-7,9-10H,3-5,8,11H2,1-2H3,(H,17,21). The third-order valence-corrected chi connectivity index (χ3v) is 3.18. The SMILES string of the molecule is CCCCCNC(=O)N(C)Cc1nc(-c2ccncc2)no1. The Kier molecular flexibility index (Phi) is 5.88. The number of hydrogen-bond donors (Lipinski definition) is 1. The quantitative estimate of drug-likeness (QED) is 0.794. The van der Waals surface area contributed by atoms with Crippen molar-refractivity contribution < 1.29 is 9.32 Å². The van der Waals surface area contributed by atoms with Crippen LogP contribution in [0, 0.1) is 0 Å². The molecule has 0 aliphatic rings. The number of pyridine rings is 1. The van der Waals surface area contributed by atoms with Gasteiger partial charge in [-0.15, -0.1) is 0 Å². The number of carbonyl (C=O) groups is 1. The molecule has 0 radical (unpaired) electrons. The number of hydrogen-bond acceptors (Lipinski definition) is 5. The average Bonchev–Trinajstić information content (AvgIpc) is 3.00. The lowest BCUT2D eigenvalue weighted by Crippen LogP contribution is -2.37. The molecule has 0 bridgehead atoms. The van der Waals surface area contributed by atoms with Crippen molar-refractivity contribution >= 4 is 6.03 Å². The van der Waals surface area contributed by atoms with Gasteiger partial charge in [0.1, 0.15) is 6.54 Å². The molecule has 118 valence electrons. The van der Waals surface area contributed by atoms with Gasteiger partial charge in [0.2, 0.25) is 11.7 Å². The number of unbranched alkanes of at least 4 members (excludes halogenated alkanes) is 2.